The van der Waals surface area contributed by atoms with Crippen molar-refractivity contribution in [2.45, 2.75) is 45.1 Å². The number of hydrogen-bond donors (Lipinski definition) is 1. The first kappa shape index (κ1) is 35.0. The van der Waals surface area contributed by atoms with Crippen LogP contribution in [0.25, 0.3) is 0 Å². The first-order valence-electron chi connectivity index (χ1n) is 13.9. The SMILES string of the molecule is CNC(=O)C(CCC=O)N(C=O)C(=O)c1ccc(CCCCOCCOCCOCCOc2ccc(Br)cn2)cc1C. The molecule has 1 unspecified atom stereocenters. The van der Waals surface area contributed by atoms with Gasteiger partial charge in [0.2, 0.25) is 18.2 Å². The largest absolute Gasteiger partial charge is 0.475 e. The van der Waals surface area contributed by atoms with Gasteiger partial charge in [0.15, 0.2) is 0 Å². The third kappa shape index (κ3) is 12.8. The van der Waals surface area contributed by atoms with E-state index < -0.39 is 17.9 Å². The van der Waals surface area contributed by atoms with Gasteiger partial charge in [-0.15, -0.1) is 0 Å². The molecule has 0 aliphatic carbocycles. The number of rotatable bonds is 22. The van der Waals surface area contributed by atoms with E-state index in [0.717, 1.165) is 34.2 Å². The summed E-state index contributed by atoms with van der Waals surface area (Å²) in [7, 11) is 1.42. The molecule has 230 valence electrons. The van der Waals surface area contributed by atoms with Gasteiger partial charge in [-0.25, -0.2) is 4.98 Å². The van der Waals surface area contributed by atoms with Crippen LogP contribution in [0.3, 0.4) is 0 Å². The third-order valence-corrected chi connectivity index (χ3v) is 6.71. The standard InChI is InChI=1S/C30H40BrN3O8/c1-23-20-24(8-10-26(23)30(38)34(22-36)27(7-5-12-35)29(37)32-2)6-3-4-13-39-14-15-40-16-17-41-18-19-42-28-11-9-25(31)21-33-28/h8-12,20-22,27H,3-7,13-19H2,1-2H3,(H,32,37). The number of aryl methyl sites for hydroxylation is 2. The summed E-state index contributed by atoms with van der Waals surface area (Å²) in [6.45, 7) is 5.23. The number of hydrogen-bond acceptors (Lipinski definition) is 9. The Morgan fingerprint density at radius 1 is 0.976 bits per heavy atom. The van der Waals surface area contributed by atoms with Gasteiger partial charge in [-0.2, -0.15) is 0 Å². The van der Waals surface area contributed by atoms with Gasteiger partial charge in [0.25, 0.3) is 5.91 Å². The maximum atomic E-state index is 13.1. The Labute approximate surface area is 255 Å². The number of nitrogens with one attached hydrogen (secondary N) is 1. The quantitative estimate of drug-likeness (QED) is 0.151. The molecule has 0 fully saturated rings. The van der Waals surface area contributed by atoms with E-state index in [1.54, 1.807) is 25.3 Å². The number of ether oxygens (including phenoxy) is 4. The minimum absolute atomic E-state index is 0.0582. The van der Waals surface area contributed by atoms with Crippen LogP contribution in [0.15, 0.2) is 41.0 Å². The van der Waals surface area contributed by atoms with Gasteiger partial charge in [0.05, 0.1) is 33.0 Å². The molecule has 0 bridgehead atoms. The van der Waals surface area contributed by atoms with Crippen molar-refractivity contribution < 1.29 is 38.1 Å². The molecule has 3 amide bonds. The molecule has 1 aromatic carbocycles. The van der Waals surface area contributed by atoms with Crippen molar-refractivity contribution in [3.63, 3.8) is 0 Å². The van der Waals surface area contributed by atoms with Gasteiger partial charge in [0.1, 0.15) is 18.9 Å². The highest BCUT2D eigenvalue weighted by molar-refractivity contribution is 9.10. The van der Waals surface area contributed by atoms with Gasteiger partial charge in [-0.05, 0) is 71.8 Å². The molecule has 42 heavy (non-hydrogen) atoms. The molecule has 1 heterocycles. The number of aldehydes is 1. The van der Waals surface area contributed by atoms with Gasteiger partial charge in [0, 0.05) is 42.4 Å². The van der Waals surface area contributed by atoms with Crippen molar-refractivity contribution in [3.8, 4) is 5.88 Å². The molecular formula is C30H40BrN3O8. The second kappa shape index (κ2) is 20.6. The van der Waals surface area contributed by atoms with Crippen molar-refractivity contribution in [3.05, 3.63) is 57.7 Å². The molecule has 0 aliphatic heterocycles. The summed E-state index contributed by atoms with van der Waals surface area (Å²) in [5.74, 6) is -0.513. The summed E-state index contributed by atoms with van der Waals surface area (Å²) in [5.41, 5.74) is 2.11. The minimum atomic E-state index is -1.05. The van der Waals surface area contributed by atoms with E-state index in [1.807, 2.05) is 18.2 Å². The second-order valence-electron chi connectivity index (χ2n) is 9.30. The Morgan fingerprint density at radius 2 is 1.67 bits per heavy atom. The normalized spacial score (nSPS) is 11.5. The summed E-state index contributed by atoms with van der Waals surface area (Å²) in [5, 5.41) is 2.45. The number of imide groups is 1. The molecule has 0 radical (unpaired) electrons. The molecule has 2 rings (SSSR count). The topological polar surface area (TPSA) is 133 Å². The lowest BCUT2D eigenvalue weighted by atomic mass is 10.00. The molecule has 12 heteroatoms. The van der Waals surface area contributed by atoms with E-state index >= 15 is 0 Å². The fourth-order valence-corrected chi connectivity index (χ4v) is 4.27. The van der Waals surface area contributed by atoms with Crippen LogP contribution in [-0.2, 0) is 35.0 Å². The molecule has 0 aliphatic rings. The van der Waals surface area contributed by atoms with E-state index in [1.165, 1.54) is 7.05 Å². The first-order chi connectivity index (χ1) is 20.4. The van der Waals surface area contributed by atoms with E-state index in [2.05, 4.69) is 26.2 Å². The fraction of sp³-hybridized carbons (Fsp3) is 0.500. The van der Waals surface area contributed by atoms with Crippen molar-refractivity contribution in [2.24, 2.45) is 0 Å². The van der Waals surface area contributed by atoms with Gasteiger partial charge in [-0.3, -0.25) is 19.3 Å². The number of carbonyl (C=O) groups excluding carboxylic acids is 4. The zero-order valence-electron chi connectivity index (χ0n) is 24.2. The summed E-state index contributed by atoms with van der Waals surface area (Å²) < 4.78 is 23.0. The number of halogens is 1. The summed E-state index contributed by atoms with van der Waals surface area (Å²) >= 11 is 3.33. The highest BCUT2D eigenvalue weighted by atomic mass is 79.9. The highest BCUT2D eigenvalue weighted by Crippen LogP contribution is 2.18. The molecule has 1 atom stereocenters. The number of benzene rings is 1. The van der Waals surface area contributed by atoms with Crippen LogP contribution in [0, 0.1) is 6.92 Å². The molecule has 1 aromatic heterocycles. The lowest BCUT2D eigenvalue weighted by molar-refractivity contribution is -0.131. The lowest BCUT2D eigenvalue weighted by Crippen LogP contribution is -2.48. The number of unbranched alkanes of at least 4 members (excludes halogenated alkanes) is 1. The number of carbonyl (C=O) groups is 4. The molecule has 0 saturated carbocycles. The Kier molecular flexibility index (Phi) is 17.2. The van der Waals surface area contributed by atoms with Crippen LogP contribution in [0.1, 0.15) is 47.2 Å². The molecule has 2 aromatic rings. The van der Waals surface area contributed by atoms with Crippen molar-refractivity contribution in [1.82, 2.24) is 15.2 Å². The molecule has 0 spiro atoms. The number of likely N-dealkylation sites (N-methyl/N-ethyl adjacent to an activating group) is 1. The van der Waals surface area contributed by atoms with Crippen LogP contribution < -0.4 is 10.1 Å². The average molecular weight is 651 g/mol. The van der Waals surface area contributed by atoms with E-state index in [0.29, 0.717) is 76.0 Å². The molecule has 0 saturated heterocycles. The summed E-state index contributed by atoms with van der Waals surface area (Å²) in [4.78, 5) is 52.8. The maximum absolute atomic E-state index is 13.1. The van der Waals surface area contributed by atoms with Gasteiger partial charge in [-0.1, -0.05) is 12.1 Å². The molecular weight excluding hydrogens is 610 g/mol. The van der Waals surface area contributed by atoms with E-state index in [-0.39, 0.29) is 12.8 Å². The third-order valence-electron chi connectivity index (χ3n) is 6.24. The van der Waals surface area contributed by atoms with Crippen molar-refractivity contribution >= 4 is 40.4 Å². The van der Waals surface area contributed by atoms with Gasteiger partial charge >= 0.3 is 0 Å². The van der Waals surface area contributed by atoms with Crippen LogP contribution in [0.4, 0.5) is 0 Å². The van der Waals surface area contributed by atoms with Crippen molar-refractivity contribution in [1.29, 1.82) is 0 Å². The Hall–Kier alpha value is -3.19. The van der Waals surface area contributed by atoms with E-state index in [4.69, 9.17) is 18.9 Å². The maximum Gasteiger partial charge on any atom is 0.261 e. The van der Waals surface area contributed by atoms with Crippen LogP contribution in [0.5, 0.6) is 5.88 Å². The fourth-order valence-electron chi connectivity index (χ4n) is 4.04. The van der Waals surface area contributed by atoms with Crippen molar-refractivity contribution in [2.75, 3.05) is 53.3 Å². The first-order valence-corrected chi connectivity index (χ1v) is 14.7. The zero-order valence-corrected chi connectivity index (χ0v) is 25.8. The smallest absolute Gasteiger partial charge is 0.261 e. The zero-order chi connectivity index (χ0) is 30.6. The molecule has 1 N–H and O–H groups in total. The van der Waals surface area contributed by atoms with Gasteiger partial charge < -0.3 is 29.1 Å². The minimum Gasteiger partial charge on any atom is -0.475 e. The summed E-state index contributed by atoms with van der Waals surface area (Å²) in [6.07, 6.45) is 5.40. The van der Waals surface area contributed by atoms with Crippen LogP contribution >= 0.6 is 15.9 Å². The average Bonchev–Trinajstić information content (AvgIpc) is 2.99. The second-order valence-corrected chi connectivity index (χ2v) is 10.2. The highest BCUT2D eigenvalue weighted by Gasteiger charge is 2.30. The van der Waals surface area contributed by atoms with Crippen LogP contribution in [0.2, 0.25) is 0 Å². The number of aromatic nitrogens is 1. The predicted molar refractivity (Wildman–Crippen MR) is 159 cm³/mol. The Morgan fingerprint density at radius 3 is 2.26 bits per heavy atom. The molecule has 11 nitrogen and oxygen atoms in total. The number of nitrogens with zero attached hydrogens (tertiary/aromatic N) is 2. The Bertz CT molecular complexity index is 1120. The predicted octanol–water partition coefficient (Wildman–Crippen LogP) is 3.30. The lowest BCUT2D eigenvalue weighted by Gasteiger charge is -2.25. The van der Waals surface area contributed by atoms with Crippen LogP contribution in [-0.4, -0.2) is 93.7 Å². The summed E-state index contributed by atoms with van der Waals surface area (Å²) in [6, 6.07) is 8.04. The van der Waals surface area contributed by atoms with E-state index in [9.17, 15) is 19.2 Å². The number of pyridine rings is 1. The number of amides is 3. The monoisotopic (exact) mass is 649 g/mol. The Balaban J connectivity index is 1.58.